The van der Waals surface area contributed by atoms with Crippen LogP contribution >= 0.6 is 0 Å². The first-order chi connectivity index (χ1) is 5.61. The van der Waals surface area contributed by atoms with Gasteiger partial charge in [-0.1, -0.05) is 12.1 Å². The molecule has 0 fully saturated rings. The largest absolute Gasteiger partial charge is 0.339 e. The summed E-state index contributed by atoms with van der Waals surface area (Å²) in [6, 6.07) is 4.32. The van der Waals surface area contributed by atoms with Crippen molar-refractivity contribution in [1.82, 2.24) is 0 Å². The summed E-state index contributed by atoms with van der Waals surface area (Å²) >= 11 is 0. The molecule has 0 unspecified atom stereocenters. The fraction of sp³-hybridized carbons (Fsp3) is 0. The Hall–Kier alpha value is -1.52. The van der Waals surface area contributed by atoms with Gasteiger partial charge in [0.25, 0.3) is 5.69 Å². The molecule has 0 aliphatic heterocycles. The predicted octanol–water partition coefficient (Wildman–Crippen LogP) is 2.37. The van der Waals surface area contributed by atoms with Gasteiger partial charge in [0.05, 0.1) is 4.92 Å². The van der Waals surface area contributed by atoms with Crippen LogP contribution in [0.1, 0.15) is 5.56 Å². The number of hydrogen-bond donors (Lipinski definition) is 0. The van der Waals surface area contributed by atoms with Gasteiger partial charge in [0, 0.05) is 17.7 Å². The standard InChI is InChI=1S/C7H4F2NO2/c8-7(9)5-2-1-3-6(4-5)10(11)12/h1-4H. The second-order valence-electron chi connectivity index (χ2n) is 2.07. The molecule has 0 saturated carbocycles. The number of hydrogen-bond acceptors (Lipinski definition) is 2. The molecule has 1 radical (unpaired) electrons. The van der Waals surface area contributed by atoms with Gasteiger partial charge in [0.15, 0.2) is 0 Å². The minimum absolute atomic E-state index is 0.333. The van der Waals surface area contributed by atoms with Crippen LogP contribution in [-0.2, 0) is 0 Å². The van der Waals surface area contributed by atoms with Gasteiger partial charge in [-0.3, -0.25) is 10.1 Å². The van der Waals surface area contributed by atoms with Crippen molar-refractivity contribution in [1.29, 1.82) is 0 Å². The smallest absolute Gasteiger partial charge is 0.258 e. The molecule has 5 heteroatoms. The fourth-order valence-corrected chi connectivity index (χ4v) is 0.737. The molecule has 0 heterocycles. The lowest BCUT2D eigenvalue weighted by atomic mass is 10.2. The normalized spacial score (nSPS) is 10.2. The molecule has 0 aromatic heterocycles. The van der Waals surface area contributed by atoms with Gasteiger partial charge < -0.3 is 0 Å². The summed E-state index contributed by atoms with van der Waals surface area (Å²) in [7, 11) is 0. The Kier molecular flexibility index (Phi) is 2.32. The van der Waals surface area contributed by atoms with E-state index in [2.05, 4.69) is 0 Å². The Morgan fingerprint density at radius 2 is 2.08 bits per heavy atom. The first-order valence-corrected chi connectivity index (χ1v) is 3.04. The molecular formula is C7H4F2NO2. The maximum Gasteiger partial charge on any atom is 0.339 e. The van der Waals surface area contributed by atoms with Gasteiger partial charge in [-0.2, -0.15) is 8.78 Å². The Morgan fingerprint density at radius 3 is 2.58 bits per heavy atom. The quantitative estimate of drug-likeness (QED) is 0.507. The van der Waals surface area contributed by atoms with Crippen LogP contribution in [0.3, 0.4) is 0 Å². The third kappa shape index (κ3) is 1.75. The SMILES string of the molecule is O=[N+]([O-])c1cccc([C](F)F)c1. The highest BCUT2D eigenvalue weighted by atomic mass is 19.3. The third-order valence-electron chi connectivity index (χ3n) is 1.28. The maximum atomic E-state index is 11.9. The lowest BCUT2D eigenvalue weighted by Gasteiger charge is -1.95. The monoisotopic (exact) mass is 172 g/mol. The summed E-state index contributed by atoms with van der Waals surface area (Å²) in [4.78, 5) is 9.41. The fourth-order valence-electron chi connectivity index (χ4n) is 0.737. The van der Waals surface area contributed by atoms with Crippen LogP contribution in [0.15, 0.2) is 24.3 Å². The van der Waals surface area contributed by atoms with Crippen LogP contribution in [0.2, 0.25) is 0 Å². The van der Waals surface area contributed by atoms with Crippen LogP contribution in [0.25, 0.3) is 0 Å². The average molecular weight is 172 g/mol. The molecule has 0 amide bonds. The van der Waals surface area contributed by atoms with Gasteiger partial charge >= 0.3 is 6.43 Å². The Bertz CT molecular complexity index is 301. The second kappa shape index (κ2) is 3.25. The van der Waals surface area contributed by atoms with Crippen molar-refractivity contribution >= 4 is 5.69 Å². The lowest BCUT2D eigenvalue weighted by Crippen LogP contribution is -1.90. The van der Waals surface area contributed by atoms with Crippen molar-refractivity contribution in [3.05, 3.63) is 46.4 Å². The van der Waals surface area contributed by atoms with E-state index in [9.17, 15) is 18.9 Å². The Morgan fingerprint density at radius 1 is 1.42 bits per heavy atom. The van der Waals surface area contributed by atoms with E-state index in [-0.39, 0.29) is 5.69 Å². The molecule has 63 valence electrons. The molecule has 3 nitrogen and oxygen atoms in total. The zero-order valence-electron chi connectivity index (χ0n) is 5.83. The van der Waals surface area contributed by atoms with Crippen LogP contribution in [0.4, 0.5) is 14.5 Å². The Labute approximate surface area is 66.8 Å². The lowest BCUT2D eigenvalue weighted by molar-refractivity contribution is -0.384. The first-order valence-electron chi connectivity index (χ1n) is 3.04. The Balaban J connectivity index is 3.04. The van der Waals surface area contributed by atoms with Gasteiger partial charge in [0.2, 0.25) is 0 Å². The number of nitro groups is 1. The minimum atomic E-state index is -1.92. The van der Waals surface area contributed by atoms with Crippen LogP contribution in [-0.4, -0.2) is 4.92 Å². The number of non-ortho nitro benzene ring substituents is 1. The highest BCUT2D eigenvalue weighted by Gasteiger charge is 2.13. The van der Waals surface area contributed by atoms with Crippen molar-refractivity contribution in [2.75, 3.05) is 0 Å². The van der Waals surface area contributed by atoms with Crippen molar-refractivity contribution in [2.45, 2.75) is 0 Å². The van der Waals surface area contributed by atoms with E-state index in [0.717, 1.165) is 18.2 Å². The molecule has 0 N–H and O–H groups in total. The molecule has 12 heavy (non-hydrogen) atoms. The predicted molar refractivity (Wildman–Crippen MR) is 37.7 cm³/mol. The molecule has 1 rings (SSSR count). The molecule has 0 bridgehead atoms. The number of halogens is 2. The van der Waals surface area contributed by atoms with Crippen LogP contribution < -0.4 is 0 Å². The molecule has 0 saturated heterocycles. The van der Waals surface area contributed by atoms with E-state index in [1.165, 1.54) is 6.07 Å². The average Bonchev–Trinajstić information content (AvgIpc) is 2.04. The molecule has 0 spiro atoms. The van der Waals surface area contributed by atoms with E-state index in [1.807, 2.05) is 0 Å². The summed E-state index contributed by atoms with van der Waals surface area (Å²) in [5.41, 5.74) is -0.746. The van der Waals surface area contributed by atoms with E-state index in [0.29, 0.717) is 0 Å². The summed E-state index contributed by atoms with van der Waals surface area (Å²) in [6.45, 7) is 0. The summed E-state index contributed by atoms with van der Waals surface area (Å²) in [6.07, 6.45) is -1.92. The third-order valence-corrected chi connectivity index (χ3v) is 1.28. The zero-order chi connectivity index (χ0) is 9.14. The highest BCUT2D eigenvalue weighted by Crippen LogP contribution is 2.21. The number of nitro benzene ring substituents is 1. The van der Waals surface area contributed by atoms with Gasteiger partial charge in [-0.25, -0.2) is 0 Å². The minimum Gasteiger partial charge on any atom is -0.258 e. The summed E-state index contributed by atoms with van der Waals surface area (Å²) in [5.74, 6) is 0. The van der Waals surface area contributed by atoms with E-state index < -0.39 is 16.9 Å². The highest BCUT2D eigenvalue weighted by molar-refractivity contribution is 5.37. The van der Waals surface area contributed by atoms with E-state index >= 15 is 0 Å². The van der Waals surface area contributed by atoms with Gasteiger partial charge in [-0.05, 0) is 0 Å². The first kappa shape index (κ1) is 8.58. The van der Waals surface area contributed by atoms with Crippen LogP contribution in [0, 0.1) is 16.5 Å². The second-order valence-corrected chi connectivity index (χ2v) is 2.07. The molecule has 0 atom stereocenters. The molecular weight excluding hydrogens is 168 g/mol. The maximum absolute atomic E-state index is 11.9. The van der Waals surface area contributed by atoms with E-state index in [1.54, 1.807) is 0 Å². The van der Waals surface area contributed by atoms with Crippen LogP contribution in [0.5, 0.6) is 0 Å². The number of rotatable bonds is 2. The molecule has 1 aromatic rings. The van der Waals surface area contributed by atoms with Crippen molar-refractivity contribution in [3.63, 3.8) is 0 Å². The van der Waals surface area contributed by atoms with Crippen molar-refractivity contribution in [2.24, 2.45) is 0 Å². The van der Waals surface area contributed by atoms with Gasteiger partial charge in [0.1, 0.15) is 0 Å². The summed E-state index contributed by atoms with van der Waals surface area (Å²) in [5, 5.41) is 10.1. The van der Waals surface area contributed by atoms with Crippen molar-refractivity contribution in [3.8, 4) is 0 Å². The molecule has 1 aromatic carbocycles. The molecule has 0 aliphatic carbocycles. The van der Waals surface area contributed by atoms with E-state index in [4.69, 9.17) is 0 Å². The molecule has 0 aliphatic rings. The topological polar surface area (TPSA) is 43.1 Å². The van der Waals surface area contributed by atoms with Gasteiger partial charge in [-0.15, -0.1) is 0 Å². The summed E-state index contributed by atoms with van der Waals surface area (Å²) < 4.78 is 23.8. The number of nitrogens with zero attached hydrogens (tertiary/aromatic N) is 1. The zero-order valence-corrected chi connectivity index (χ0v) is 5.83. The number of benzene rings is 1. The van der Waals surface area contributed by atoms with Crippen molar-refractivity contribution < 1.29 is 13.7 Å².